The lowest BCUT2D eigenvalue weighted by molar-refractivity contribution is -0.130. The lowest BCUT2D eigenvalue weighted by Crippen LogP contribution is -2.54. The van der Waals surface area contributed by atoms with Crippen LogP contribution >= 0.6 is 0 Å². The first kappa shape index (κ1) is 12.1. The molecule has 1 heterocycles. The Hall–Kier alpha value is -0.410. The van der Waals surface area contributed by atoms with Gasteiger partial charge >= 0.3 is 0 Å². The third-order valence-electron chi connectivity index (χ3n) is 3.88. The Kier molecular flexibility index (Phi) is 3.36. The average Bonchev–Trinajstić information content (AvgIpc) is 2.22. The molecule has 0 radical (unpaired) electrons. The quantitative estimate of drug-likeness (QED) is 0.739. The molecule has 3 atom stereocenters. The fourth-order valence-corrected chi connectivity index (χ4v) is 2.89. The number of morpholine rings is 1. The maximum absolute atomic E-state index is 12.0. The molecule has 2 aliphatic rings. The number of Topliss-reactive ketones (excluding diaryl/α,β-unsaturated/α-hetero) is 1. The van der Waals surface area contributed by atoms with Crippen molar-refractivity contribution >= 4 is 5.78 Å². The minimum atomic E-state index is 0.159. The van der Waals surface area contributed by atoms with Gasteiger partial charge in [-0.1, -0.05) is 13.8 Å². The van der Waals surface area contributed by atoms with Crippen molar-refractivity contribution in [3.05, 3.63) is 0 Å². The van der Waals surface area contributed by atoms with Crippen LogP contribution in [0.3, 0.4) is 0 Å². The molecule has 1 saturated heterocycles. The van der Waals surface area contributed by atoms with Gasteiger partial charge in [0.25, 0.3) is 0 Å². The summed E-state index contributed by atoms with van der Waals surface area (Å²) in [4.78, 5) is 12.0. The first-order valence-corrected chi connectivity index (χ1v) is 6.34. The zero-order valence-corrected chi connectivity index (χ0v) is 10.6. The Balaban J connectivity index is 2.03. The summed E-state index contributed by atoms with van der Waals surface area (Å²) in [5, 5.41) is 3.51. The second-order valence-electron chi connectivity index (χ2n) is 6.15. The molecule has 0 aromatic rings. The van der Waals surface area contributed by atoms with E-state index < -0.39 is 0 Å². The van der Waals surface area contributed by atoms with Gasteiger partial charge in [-0.05, 0) is 25.2 Å². The van der Waals surface area contributed by atoms with E-state index in [0.717, 1.165) is 25.9 Å². The van der Waals surface area contributed by atoms with Crippen molar-refractivity contribution in [2.45, 2.75) is 52.1 Å². The summed E-state index contributed by atoms with van der Waals surface area (Å²) in [5.74, 6) is 0.584. The Bertz CT molecular complexity index is 275. The van der Waals surface area contributed by atoms with Crippen LogP contribution < -0.4 is 5.32 Å². The van der Waals surface area contributed by atoms with Crippen LogP contribution in [-0.2, 0) is 9.53 Å². The van der Waals surface area contributed by atoms with Gasteiger partial charge in [-0.25, -0.2) is 0 Å². The molecule has 0 bridgehead atoms. The molecule has 0 aromatic carbocycles. The van der Waals surface area contributed by atoms with Crippen LogP contribution in [0.4, 0.5) is 0 Å². The number of ether oxygens (including phenoxy) is 1. The zero-order chi connectivity index (χ0) is 11.8. The molecule has 16 heavy (non-hydrogen) atoms. The highest BCUT2D eigenvalue weighted by molar-refractivity contribution is 5.82. The SMILES string of the molecule is CC1COCC(C2CC(C)(C)CCC2=O)N1. The van der Waals surface area contributed by atoms with Crippen LogP contribution in [0.25, 0.3) is 0 Å². The van der Waals surface area contributed by atoms with Gasteiger partial charge in [0.05, 0.1) is 13.2 Å². The Labute approximate surface area is 97.9 Å². The van der Waals surface area contributed by atoms with Crippen molar-refractivity contribution in [2.75, 3.05) is 13.2 Å². The number of hydrogen-bond acceptors (Lipinski definition) is 3. The van der Waals surface area contributed by atoms with Crippen molar-refractivity contribution in [1.29, 1.82) is 0 Å². The predicted molar refractivity (Wildman–Crippen MR) is 63.3 cm³/mol. The first-order valence-electron chi connectivity index (χ1n) is 6.34. The topological polar surface area (TPSA) is 38.3 Å². The van der Waals surface area contributed by atoms with E-state index in [-0.39, 0.29) is 12.0 Å². The Morgan fingerprint density at radius 3 is 2.81 bits per heavy atom. The minimum absolute atomic E-state index is 0.159. The third kappa shape index (κ3) is 2.64. The molecule has 0 spiro atoms. The molecule has 1 N–H and O–H groups in total. The maximum atomic E-state index is 12.0. The standard InChI is InChI=1S/C13H23NO2/c1-9-7-16-8-11(14-9)10-6-13(2,3)5-4-12(10)15/h9-11,14H,4-8H2,1-3H3. The number of rotatable bonds is 1. The summed E-state index contributed by atoms with van der Waals surface area (Å²) in [7, 11) is 0. The third-order valence-corrected chi connectivity index (χ3v) is 3.88. The summed E-state index contributed by atoms with van der Waals surface area (Å²) < 4.78 is 5.55. The van der Waals surface area contributed by atoms with Crippen LogP contribution in [0, 0.1) is 11.3 Å². The molecular formula is C13H23NO2. The van der Waals surface area contributed by atoms with Crippen LogP contribution in [-0.4, -0.2) is 31.1 Å². The lowest BCUT2D eigenvalue weighted by Gasteiger charge is -2.41. The largest absolute Gasteiger partial charge is 0.378 e. The number of carbonyl (C=O) groups excluding carboxylic acids is 1. The fourth-order valence-electron chi connectivity index (χ4n) is 2.89. The molecule has 1 aliphatic heterocycles. The minimum Gasteiger partial charge on any atom is -0.378 e. The van der Waals surface area contributed by atoms with E-state index in [1.165, 1.54) is 0 Å². The van der Waals surface area contributed by atoms with Crippen LogP contribution in [0.1, 0.15) is 40.0 Å². The molecule has 1 aliphatic carbocycles. The van der Waals surface area contributed by atoms with Crippen LogP contribution in [0.5, 0.6) is 0 Å². The summed E-state index contributed by atoms with van der Waals surface area (Å²) in [6, 6.07) is 0.604. The number of carbonyl (C=O) groups is 1. The van der Waals surface area contributed by atoms with Crippen molar-refractivity contribution in [3.8, 4) is 0 Å². The second-order valence-corrected chi connectivity index (χ2v) is 6.15. The monoisotopic (exact) mass is 225 g/mol. The highest BCUT2D eigenvalue weighted by Gasteiger charge is 2.39. The van der Waals surface area contributed by atoms with E-state index >= 15 is 0 Å². The van der Waals surface area contributed by atoms with Gasteiger partial charge in [0.2, 0.25) is 0 Å². The van der Waals surface area contributed by atoms with Crippen molar-refractivity contribution in [2.24, 2.45) is 11.3 Å². The fraction of sp³-hybridized carbons (Fsp3) is 0.923. The number of nitrogens with one attached hydrogen (secondary N) is 1. The zero-order valence-electron chi connectivity index (χ0n) is 10.6. The van der Waals surface area contributed by atoms with E-state index in [2.05, 4.69) is 26.1 Å². The lowest BCUT2D eigenvalue weighted by atomic mass is 9.69. The van der Waals surface area contributed by atoms with Gasteiger partial charge in [0, 0.05) is 24.4 Å². The molecule has 92 valence electrons. The average molecular weight is 225 g/mol. The molecule has 2 fully saturated rings. The summed E-state index contributed by atoms with van der Waals surface area (Å²) >= 11 is 0. The highest BCUT2D eigenvalue weighted by Crippen LogP contribution is 2.38. The van der Waals surface area contributed by atoms with Gasteiger partial charge in [0.15, 0.2) is 0 Å². The summed E-state index contributed by atoms with van der Waals surface area (Å²) in [6.07, 6.45) is 2.77. The van der Waals surface area contributed by atoms with Crippen LogP contribution in [0.2, 0.25) is 0 Å². The van der Waals surface area contributed by atoms with Crippen molar-refractivity contribution in [1.82, 2.24) is 5.32 Å². The Morgan fingerprint density at radius 2 is 2.12 bits per heavy atom. The number of hydrogen-bond donors (Lipinski definition) is 1. The van der Waals surface area contributed by atoms with Crippen molar-refractivity contribution in [3.63, 3.8) is 0 Å². The summed E-state index contributed by atoms with van der Waals surface area (Å²) in [6.45, 7) is 8.10. The van der Waals surface area contributed by atoms with Gasteiger partial charge in [-0.15, -0.1) is 0 Å². The smallest absolute Gasteiger partial charge is 0.137 e. The molecule has 3 nitrogen and oxygen atoms in total. The van der Waals surface area contributed by atoms with Gasteiger partial charge in [0.1, 0.15) is 5.78 Å². The molecule has 3 heteroatoms. The van der Waals surface area contributed by atoms with E-state index in [4.69, 9.17) is 4.74 Å². The number of ketones is 1. The maximum Gasteiger partial charge on any atom is 0.137 e. The molecule has 0 aromatic heterocycles. The normalized spacial score (nSPS) is 39.7. The molecule has 1 saturated carbocycles. The second kappa shape index (κ2) is 4.46. The highest BCUT2D eigenvalue weighted by atomic mass is 16.5. The predicted octanol–water partition coefficient (Wildman–Crippen LogP) is 1.76. The van der Waals surface area contributed by atoms with Gasteiger partial charge < -0.3 is 10.1 Å². The summed E-state index contributed by atoms with van der Waals surface area (Å²) in [5.41, 5.74) is 0.306. The molecule has 3 unspecified atom stereocenters. The van der Waals surface area contributed by atoms with Gasteiger partial charge in [-0.2, -0.15) is 0 Å². The Morgan fingerprint density at radius 1 is 1.38 bits per heavy atom. The molecule has 2 rings (SSSR count). The van der Waals surface area contributed by atoms with E-state index in [1.54, 1.807) is 0 Å². The first-order chi connectivity index (χ1) is 7.48. The van der Waals surface area contributed by atoms with Crippen LogP contribution in [0.15, 0.2) is 0 Å². The molecule has 0 amide bonds. The van der Waals surface area contributed by atoms with E-state index in [0.29, 0.717) is 23.8 Å². The molecular weight excluding hydrogens is 202 g/mol. The van der Waals surface area contributed by atoms with E-state index in [1.807, 2.05) is 0 Å². The van der Waals surface area contributed by atoms with E-state index in [9.17, 15) is 4.79 Å². The van der Waals surface area contributed by atoms with Gasteiger partial charge in [-0.3, -0.25) is 4.79 Å². The van der Waals surface area contributed by atoms with Crippen molar-refractivity contribution < 1.29 is 9.53 Å².